The number of cyclic esters (lactones) is 1. The number of phenolic OH excluding ortho intramolecular Hbond substituents is 1. The third-order valence-corrected chi connectivity index (χ3v) is 6.84. The summed E-state index contributed by atoms with van der Waals surface area (Å²) in [5.41, 5.74) is 1.66. The number of esters is 2. The molecule has 0 spiro atoms. The molecule has 2 aromatic rings. The van der Waals surface area contributed by atoms with Crippen LogP contribution in [-0.4, -0.2) is 35.5 Å². The average molecular weight is 521 g/mol. The second kappa shape index (κ2) is 12.3. The SMILES string of the molecule is CC(C)COc1ccc([C@@H]2CC(=O)Oc3cc4c(c(O)c32)C(=O)O[C@@H](C)CCCC(=O)CCCC=C4)cc1. The van der Waals surface area contributed by atoms with Crippen LogP contribution in [0.15, 0.2) is 36.4 Å². The molecule has 38 heavy (non-hydrogen) atoms. The number of carbonyl (C=O) groups is 3. The van der Waals surface area contributed by atoms with E-state index in [9.17, 15) is 19.5 Å². The van der Waals surface area contributed by atoms with Gasteiger partial charge in [-0.1, -0.05) is 38.1 Å². The van der Waals surface area contributed by atoms with Crippen LogP contribution in [0.1, 0.15) is 98.7 Å². The molecule has 0 fully saturated rings. The summed E-state index contributed by atoms with van der Waals surface area (Å²) in [4.78, 5) is 38.0. The minimum Gasteiger partial charge on any atom is -0.507 e. The maximum absolute atomic E-state index is 13.3. The maximum atomic E-state index is 13.3. The van der Waals surface area contributed by atoms with E-state index in [1.807, 2.05) is 30.3 Å². The topological polar surface area (TPSA) is 99.1 Å². The molecule has 2 aliphatic heterocycles. The molecule has 0 bridgehead atoms. The lowest BCUT2D eigenvalue weighted by atomic mass is 9.83. The van der Waals surface area contributed by atoms with Gasteiger partial charge in [-0.2, -0.15) is 0 Å². The van der Waals surface area contributed by atoms with E-state index < -0.39 is 24.0 Å². The first-order valence-electron chi connectivity index (χ1n) is 13.5. The number of benzene rings is 2. The van der Waals surface area contributed by atoms with Crippen LogP contribution in [0.5, 0.6) is 17.2 Å². The van der Waals surface area contributed by atoms with Gasteiger partial charge in [0.1, 0.15) is 28.6 Å². The molecule has 1 N–H and O–H groups in total. The first-order chi connectivity index (χ1) is 18.2. The highest BCUT2D eigenvalue weighted by molar-refractivity contribution is 5.98. The number of rotatable bonds is 4. The van der Waals surface area contributed by atoms with Crippen LogP contribution < -0.4 is 9.47 Å². The first-order valence-corrected chi connectivity index (χ1v) is 13.5. The number of ketones is 1. The third kappa shape index (κ3) is 6.63. The van der Waals surface area contributed by atoms with Crippen LogP contribution in [0, 0.1) is 5.92 Å². The summed E-state index contributed by atoms with van der Waals surface area (Å²) in [5.74, 6) is -0.248. The predicted octanol–water partition coefficient (Wildman–Crippen LogP) is 6.35. The highest BCUT2D eigenvalue weighted by Gasteiger charge is 2.35. The van der Waals surface area contributed by atoms with Crippen molar-refractivity contribution in [3.05, 3.63) is 58.7 Å². The second-order valence-corrected chi connectivity index (χ2v) is 10.5. The summed E-state index contributed by atoms with van der Waals surface area (Å²) in [6.07, 6.45) is 6.70. The Bertz CT molecular complexity index is 1210. The molecule has 0 aliphatic carbocycles. The van der Waals surface area contributed by atoms with Gasteiger partial charge in [0.15, 0.2) is 0 Å². The van der Waals surface area contributed by atoms with Crippen LogP contribution in [0.25, 0.3) is 6.08 Å². The Morgan fingerprint density at radius 2 is 1.82 bits per heavy atom. The zero-order chi connectivity index (χ0) is 27.2. The van der Waals surface area contributed by atoms with Gasteiger partial charge in [0.25, 0.3) is 0 Å². The third-order valence-electron chi connectivity index (χ3n) is 6.84. The molecule has 7 nitrogen and oxygen atoms in total. The number of allylic oxidation sites excluding steroid dienone is 1. The van der Waals surface area contributed by atoms with E-state index in [-0.39, 0.29) is 29.3 Å². The fourth-order valence-corrected chi connectivity index (χ4v) is 4.86. The van der Waals surface area contributed by atoms with Crippen molar-refractivity contribution in [3.8, 4) is 17.2 Å². The van der Waals surface area contributed by atoms with Crippen LogP contribution >= 0.6 is 0 Å². The van der Waals surface area contributed by atoms with Gasteiger partial charge in [-0.15, -0.1) is 0 Å². The standard InChI is InChI=1S/C31H36O7/c1-19(2)18-36-24-14-12-21(13-15-24)25-17-27(33)38-26-16-22-9-5-4-6-10-23(32)11-7-8-20(3)37-31(35)28(22)30(34)29(25)26/h5,9,12-16,19-20,25,34H,4,6-8,10-11,17-18H2,1-3H3/t20-,25-/m0/s1. The number of hydrogen-bond acceptors (Lipinski definition) is 7. The Labute approximate surface area is 223 Å². The molecule has 2 heterocycles. The minimum atomic E-state index is -0.645. The smallest absolute Gasteiger partial charge is 0.342 e. The van der Waals surface area contributed by atoms with Crippen LogP contribution in [0.2, 0.25) is 0 Å². The van der Waals surface area contributed by atoms with E-state index >= 15 is 0 Å². The molecule has 4 rings (SSSR count). The van der Waals surface area contributed by atoms with Crippen molar-refractivity contribution in [2.24, 2.45) is 5.92 Å². The van der Waals surface area contributed by atoms with Crippen LogP contribution in [0.3, 0.4) is 0 Å². The zero-order valence-electron chi connectivity index (χ0n) is 22.3. The quantitative estimate of drug-likeness (QED) is 0.370. The molecule has 2 aromatic carbocycles. The lowest BCUT2D eigenvalue weighted by molar-refractivity contribution is -0.135. The Morgan fingerprint density at radius 1 is 1.08 bits per heavy atom. The highest BCUT2D eigenvalue weighted by atomic mass is 16.5. The molecular weight excluding hydrogens is 484 g/mol. The van der Waals surface area contributed by atoms with Gasteiger partial charge >= 0.3 is 11.9 Å². The van der Waals surface area contributed by atoms with E-state index in [2.05, 4.69) is 13.8 Å². The summed E-state index contributed by atoms with van der Waals surface area (Å²) in [5, 5.41) is 11.5. The van der Waals surface area contributed by atoms with Gasteiger partial charge < -0.3 is 19.3 Å². The van der Waals surface area contributed by atoms with Crippen molar-refractivity contribution in [1.29, 1.82) is 0 Å². The molecule has 0 aromatic heterocycles. The lowest BCUT2D eigenvalue weighted by Gasteiger charge is -2.28. The number of hydrogen-bond donors (Lipinski definition) is 1. The lowest BCUT2D eigenvalue weighted by Crippen LogP contribution is -2.23. The molecule has 0 saturated carbocycles. The van der Waals surface area contributed by atoms with Gasteiger partial charge in [-0.25, -0.2) is 4.79 Å². The number of fused-ring (bicyclic) bond motifs is 2. The summed E-state index contributed by atoms with van der Waals surface area (Å²) in [6, 6.07) is 9.05. The minimum absolute atomic E-state index is 0.0286. The van der Waals surface area contributed by atoms with Crippen molar-refractivity contribution in [1.82, 2.24) is 0 Å². The van der Waals surface area contributed by atoms with Gasteiger partial charge in [0.2, 0.25) is 0 Å². The number of ether oxygens (including phenoxy) is 3. The fourth-order valence-electron chi connectivity index (χ4n) is 4.86. The Balaban J connectivity index is 1.73. The molecule has 0 saturated heterocycles. The summed E-state index contributed by atoms with van der Waals surface area (Å²) in [6.45, 7) is 6.52. The van der Waals surface area contributed by atoms with Crippen molar-refractivity contribution >= 4 is 23.8 Å². The van der Waals surface area contributed by atoms with Gasteiger partial charge in [0, 0.05) is 24.3 Å². The first kappa shape index (κ1) is 27.4. The molecule has 7 heteroatoms. The van der Waals surface area contributed by atoms with E-state index in [1.54, 1.807) is 19.1 Å². The van der Waals surface area contributed by atoms with E-state index in [1.165, 1.54) is 0 Å². The number of aromatic hydroxyl groups is 1. The molecule has 2 atom stereocenters. The van der Waals surface area contributed by atoms with Crippen molar-refractivity contribution in [2.75, 3.05) is 6.61 Å². The summed E-state index contributed by atoms with van der Waals surface area (Å²) < 4.78 is 17.0. The second-order valence-electron chi connectivity index (χ2n) is 10.5. The zero-order valence-corrected chi connectivity index (χ0v) is 22.3. The van der Waals surface area contributed by atoms with Crippen molar-refractivity contribution in [3.63, 3.8) is 0 Å². The Kier molecular flexibility index (Phi) is 8.87. The van der Waals surface area contributed by atoms with Crippen LogP contribution in [-0.2, 0) is 14.3 Å². The van der Waals surface area contributed by atoms with Gasteiger partial charge in [0.05, 0.1) is 19.1 Å². The summed E-state index contributed by atoms with van der Waals surface area (Å²) >= 11 is 0. The number of carbonyl (C=O) groups excluding carboxylic acids is 3. The Hall–Kier alpha value is -3.61. The molecule has 202 valence electrons. The molecule has 0 amide bonds. The van der Waals surface area contributed by atoms with E-state index in [0.717, 1.165) is 11.3 Å². The molecule has 0 unspecified atom stereocenters. The monoisotopic (exact) mass is 520 g/mol. The van der Waals surface area contributed by atoms with Gasteiger partial charge in [-0.05, 0) is 67.9 Å². The maximum Gasteiger partial charge on any atom is 0.342 e. The fraction of sp³-hybridized carbons (Fsp3) is 0.452. The molecule has 0 radical (unpaired) electrons. The van der Waals surface area contributed by atoms with Crippen molar-refractivity contribution in [2.45, 2.75) is 77.7 Å². The highest BCUT2D eigenvalue weighted by Crippen LogP contribution is 2.47. The largest absolute Gasteiger partial charge is 0.507 e. The van der Waals surface area contributed by atoms with E-state index in [0.29, 0.717) is 62.2 Å². The normalized spacial score (nSPS) is 20.7. The van der Waals surface area contributed by atoms with Crippen LogP contribution in [0.4, 0.5) is 0 Å². The Morgan fingerprint density at radius 3 is 2.55 bits per heavy atom. The van der Waals surface area contributed by atoms with E-state index in [4.69, 9.17) is 14.2 Å². The number of phenols is 1. The molecular formula is C31H36O7. The average Bonchev–Trinajstić information content (AvgIpc) is 2.86. The van der Waals surface area contributed by atoms with Gasteiger partial charge in [-0.3, -0.25) is 9.59 Å². The summed E-state index contributed by atoms with van der Waals surface area (Å²) in [7, 11) is 0. The van der Waals surface area contributed by atoms with Crippen molar-refractivity contribution < 1.29 is 33.7 Å². The number of Topliss-reactive ketones (excluding diaryl/α,β-unsaturated/α-hetero) is 1. The molecule has 2 aliphatic rings. The predicted molar refractivity (Wildman–Crippen MR) is 144 cm³/mol.